The number of carbonyl (C=O) groups is 1. The molecule has 0 spiro atoms. The van der Waals surface area contributed by atoms with Crippen LogP contribution < -0.4 is 0 Å². The van der Waals surface area contributed by atoms with Crippen molar-refractivity contribution < 1.29 is 4.79 Å². The molecule has 3 aromatic heterocycles. The number of nitrogens with zero attached hydrogens (tertiary/aromatic N) is 7. The predicted molar refractivity (Wildman–Crippen MR) is 86.3 cm³/mol. The number of aryl methyl sites for hydroxylation is 1. The van der Waals surface area contributed by atoms with Gasteiger partial charge in [0.1, 0.15) is 0 Å². The summed E-state index contributed by atoms with van der Waals surface area (Å²) in [6.45, 7) is 2.45. The van der Waals surface area contributed by atoms with Gasteiger partial charge >= 0.3 is 0 Å². The molecule has 4 rings (SSSR count). The number of amides is 1. The molecule has 124 valence electrons. The molecule has 8 nitrogen and oxygen atoms in total. The Morgan fingerprint density at radius 3 is 2.75 bits per heavy atom. The van der Waals surface area contributed by atoms with Gasteiger partial charge in [0.2, 0.25) is 5.82 Å². The zero-order chi connectivity index (χ0) is 16.4. The maximum atomic E-state index is 12.6. The summed E-state index contributed by atoms with van der Waals surface area (Å²) in [4.78, 5) is 22.7. The Hall–Kier alpha value is -2.77. The molecule has 0 saturated carbocycles. The van der Waals surface area contributed by atoms with Crippen molar-refractivity contribution in [2.75, 3.05) is 13.1 Å². The average molecular weight is 325 g/mol. The standard InChI is InChI=1S/C16H19N7O/c24-15(14-19-16-17-6-1-9-23(16)20-14)21-10-3-13(4-11-21)5-12-22-8-2-7-18-22/h1-2,6-9,13H,3-5,10-12H2. The Morgan fingerprint density at radius 1 is 1.17 bits per heavy atom. The monoisotopic (exact) mass is 325 g/mol. The number of carbonyl (C=O) groups excluding carboxylic acids is 1. The van der Waals surface area contributed by atoms with Crippen molar-refractivity contribution in [2.24, 2.45) is 5.92 Å². The summed E-state index contributed by atoms with van der Waals surface area (Å²) < 4.78 is 3.50. The molecule has 0 unspecified atom stereocenters. The van der Waals surface area contributed by atoms with Crippen molar-refractivity contribution in [3.05, 3.63) is 42.7 Å². The zero-order valence-electron chi connectivity index (χ0n) is 13.3. The minimum absolute atomic E-state index is 0.106. The Bertz CT molecular complexity index is 785. The second-order valence-corrected chi connectivity index (χ2v) is 6.09. The third-order valence-corrected chi connectivity index (χ3v) is 4.54. The maximum absolute atomic E-state index is 12.6. The minimum atomic E-state index is -0.106. The highest BCUT2D eigenvalue weighted by molar-refractivity contribution is 5.90. The van der Waals surface area contributed by atoms with E-state index in [1.165, 1.54) is 4.52 Å². The SMILES string of the molecule is O=C(c1nc2ncccn2n1)N1CCC(CCn2cccn2)CC1. The lowest BCUT2D eigenvalue weighted by Gasteiger charge is -2.31. The van der Waals surface area contributed by atoms with Crippen LogP contribution in [0.15, 0.2) is 36.9 Å². The summed E-state index contributed by atoms with van der Waals surface area (Å²) in [7, 11) is 0. The van der Waals surface area contributed by atoms with E-state index in [4.69, 9.17) is 0 Å². The molecule has 1 aliphatic rings. The molecular formula is C16H19N7O. The summed E-state index contributed by atoms with van der Waals surface area (Å²) in [6, 6.07) is 3.71. The first-order valence-corrected chi connectivity index (χ1v) is 8.24. The highest BCUT2D eigenvalue weighted by Gasteiger charge is 2.26. The van der Waals surface area contributed by atoms with Crippen LogP contribution in [0.25, 0.3) is 5.78 Å². The van der Waals surface area contributed by atoms with E-state index >= 15 is 0 Å². The number of likely N-dealkylation sites (tertiary alicyclic amines) is 1. The summed E-state index contributed by atoms with van der Waals surface area (Å²) >= 11 is 0. The van der Waals surface area contributed by atoms with Crippen LogP contribution in [0.1, 0.15) is 29.9 Å². The summed E-state index contributed by atoms with van der Waals surface area (Å²) in [5, 5.41) is 8.45. The van der Waals surface area contributed by atoms with Gasteiger partial charge in [-0.3, -0.25) is 9.48 Å². The van der Waals surface area contributed by atoms with Gasteiger partial charge in [0.15, 0.2) is 0 Å². The van der Waals surface area contributed by atoms with E-state index in [9.17, 15) is 4.79 Å². The molecule has 3 aromatic rings. The highest BCUT2D eigenvalue weighted by Crippen LogP contribution is 2.22. The van der Waals surface area contributed by atoms with Crippen LogP contribution in [0.4, 0.5) is 0 Å². The van der Waals surface area contributed by atoms with Gasteiger partial charge in [-0.25, -0.2) is 9.50 Å². The van der Waals surface area contributed by atoms with Crippen LogP contribution in [-0.4, -0.2) is 53.3 Å². The largest absolute Gasteiger partial charge is 0.336 e. The number of piperidine rings is 1. The van der Waals surface area contributed by atoms with E-state index < -0.39 is 0 Å². The fraction of sp³-hybridized carbons (Fsp3) is 0.438. The van der Waals surface area contributed by atoms with Crippen molar-refractivity contribution in [1.29, 1.82) is 0 Å². The van der Waals surface area contributed by atoms with Crippen LogP contribution in [0.2, 0.25) is 0 Å². The first-order valence-electron chi connectivity index (χ1n) is 8.24. The fourth-order valence-electron chi connectivity index (χ4n) is 3.14. The van der Waals surface area contributed by atoms with Gasteiger partial charge in [-0.05, 0) is 37.3 Å². The first-order chi connectivity index (χ1) is 11.8. The maximum Gasteiger partial charge on any atom is 0.293 e. The van der Waals surface area contributed by atoms with Gasteiger partial charge in [-0.15, -0.1) is 5.10 Å². The number of aromatic nitrogens is 6. The third-order valence-electron chi connectivity index (χ3n) is 4.54. The zero-order valence-corrected chi connectivity index (χ0v) is 13.3. The van der Waals surface area contributed by atoms with Crippen molar-refractivity contribution in [3.8, 4) is 0 Å². The van der Waals surface area contributed by atoms with Crippen molar-refractivity contribution >= 4 is 11.7 Å². The molecule has 1 aliphatic heterocycles. The molecule has 0 bridgehead atoms. The van der Waals surface area contributed by atoms with Crippen LogP contribution in [0, 0.1) is 5.92 Å². The predicted octanol–water partition coefficient (Wildman–Crippen LogP) is 1.26. The van der Waals surface area contributed by atoms with E-state index in [0.717, 1.165) is 38.9 Å². The number of hydrogen-bond donors (Lipinski definition) is 0. The molecule has 8 heteroatoms. The second-order valence-electron chi connectivity index (χ2n) is 6.09. The van der Waals surface area contributed by atoms with E-state index in [-0.39, 0.29) is 11.7 Å². The van der Waals surface area contributed by atoms with Gasteiger partial charge < -0.3 is 4.90 Å². The molecule has 0 aliphatic carbocycles. The lowest BCUT2D eigenvalue weighted by atomic mass is 9.93. The van der Waals surface area contributed by atoms with E-state index in [0.29, 0.717) is 11.7 Å². The minimum Gasteiger partial charge on any atom is -0.336 e. The quantitative estimate of drug-likeness (QED) is 0.721. The molecule has 1 fully saturated rings. The second kappa shape index (κ2) is 6.38. The Balaban J connectivity index is 1.34. The normalized spacial score (nSPS) is 15.9. The van der Waals surface area contributed by atoms with Gasteiger partial charge in [0.25, 0.3) is 11.7 Å². The lowest BCUT2D eigenvalue weighted by Crippen LogP contribution is -2.39. The topological polar surface area (TPSA) is 81.2 Å². The van der Waals surface area contributed by atoms with Crippen LogP contribution >= 0.6 is 0 Å². The highest BCUT2D eigenvalue weighted by atomic mass is 16.2. The number of hydrogen-bond acceptors (Lipinski definition) is 5. The molecule has 0 atom stereocenters. The van der Waals surface area contributed by atoms with Crippen LogP contribution in [0.3, 0.4) is 0 Å². The molecule has 4 heterocycles. The molecule has 24 heavy (non-hydrogen) atoms. The average Bonchev–Trinajstić information content (AvgIpc) is 3.29. The Kier molecular flexibility index (Phi) is 3.94. The van der Waals surface area contributed by atoms with Gasteiger partial charge in [0, 0.05) is 44.4 Å². The van der Waals surface area contributed by atoms with Gasteiger partial charge in [-0.1, -0.05) is 0 Å². The molecule has 0 radical (unpaired) electrons. The molecule has 0 aromatic carbocycles. The van der Waals surface area contributed by atoms with E-state index in [1.807, 2.05) is 21.8 Å². The molecule has 1 amide bonds. The van der Waals surface area contributed by atoms with Crippen molar-refractivity contribution in [1.82, 2.24) is 34.3 Å². The Morgan fingerprint density at radius 2 is 2.00 bits per heavy atom. The molecular weight excluding hydrogens is 306 g/mol. The van der Waals surface area contributed by atoms with Crippen LogP contribution in [0.5, 0.6) is 0 Å². The Labute approximate surface area is 139 Å². The van der Waals surface area contributed by atoms with Crippen LogP contribution in [-0.2, 0) is 6.54 Å². The first kappa shape index (κ1) is 14.8. The molecule has 0 N–H and O–H groups in total. The van der Waals surface area contributed by atoms with Crippen molar-refractivity contribution in [3.63, 3.8) is 0 Å². The summed E-state index contributed by atoms with van der Waals surface area (Å²) in [5.74, 6) is 1.21. The third kappa shape index (κ3) is 2.99. The smallest absolute Gasteiger partial charge is 0.293 e. The fourth-order valence-corrected chi connectivity index (χ4v) is 3.14. The molecule has 1 saturated heterocycles. The summed E-state index contributed by atoms with van der Waals surface area (Å²) in [5.41, 5.74) is 0. The number of rotatable bonds is 4. The number of fused-ring (bicyclic) bond motifs is 1. The summed E-state index contributed by atoms with van der Waals surface area (Å²) in [6.07, 6.45) is 10.3. The van der Waals surface area contributed by atoms with Crippen molar-refractivity contribution in [2.45, 2.75) is 25.8 Å². The van der Waals surface area contributed by atoms with Gasteiger partial charge in [0.05, 0.1) is 0 Å². The van der Waals surface area contributed by atoms with Gasteiger partial charge in [-0.2, -0.15) is 10.1 Å². The lowest BCUT2D eigenvalue weighted by molar-refractivity contribution is 0.0672. The van der Waals surface area contributed by atoms with E-state index in [1.54, 1.807) is 24.7 Å². The van der Waals surface area contributed by atoms with E-state index in [2.05, 4.69) is 20.2 Å².